The van der Waals surface area contributed by atoms with E-state index in [-0.39, 0.29) is 11.8 Å². The number of anilines is 1. The molecule has 0 radical (unpaired) electrons. The Balaban J connectivity index is 1.57. The number of aromatic nitrogens is 2. The Kier molecular flexibility index (Phi) is 4.80. The molecular weight excluding hydrogens is 309 g/mol. The fourth-order valence-corrected chi connectivity index (χ4v) is 2.89. The largest absolute Gasteiger partial charge is 0.323 e. The zero-order chi connectivity index (χ0) is 17.1. The van der Waals surface area contributed by atoms with Crippen LogP contribution in [0.15, 0.2) is 36.7 Å². The molecular formula is C17H22FN5O. The van der Waals surface area contributed by atoms with Gasteiger partial charge < -0.3 is 15.1 Å². The highest BCUT2D eigenvalue weighted by Gasteiger charge is 2.27. The summed E-state index contributed by atoms with van der Waals surface area (Å²) in [7, 11) is 4.06. The van der Waals surface area contributed by atoms with Crippen LogP contribution in [0.1, 0.15) is 12.0 Å². The van der Waals surface area contributed by atoms with E-state index in [0.29, 0.717) is 18.3 Å². The van der Waals surface area contributed by atoms with Crippen molar-refractivity contribution in [2.45, 2.75) is 19.0 Å². The number of urea groups is 1. The average molecular weight is 331 g/mol. The number of amides is 2. The Hall–Kier alpha value is -2.41. The van der Waals surface area contributed by atoms with E-state index in [1.54, 1.807) is 23.1 Å². The second kappa shape index (κ2) is 7.00. The first-order valence-corrected chi connectivity index (χ1v) is 8.00. The average Bonchev–Trinajstić information content (AvgIpc) is 3.17. The highest BCUT2D eigenvalue weighted by molar-refractivity contribution is 5.89. The van der Waals surface area contributed by atoms with Gasteiger partial charge in [-0.25, -0.2) is 9.18 Å². The topological polar surface area (TPSA) is 53.4 Å². The highest BCUT2D eigenvalue weighted by atomic mass is 19.1. The SMILES string of the molecule is CN(C)C1CCN(C(=O)Nc2cnn(Cc3cccc(F)c3)c2)C1. The minimum Gasteiger partial charge on any atom is -0.323 e. The van der Waals surface area contributed by atoms with Crippen LogP contribution in [0.25, 0.3) is 0 Å². The summed E-state index contributed by atoms with van der Waals surface area (Å²) in [5, 5.41) is 7.09. The molecule has 128 valence electrons. The van der Waals surface area contributed by atoms with E-state index in [1.807, 2.05) is 25.1 Å². The lowest BCUT2D eigenvalue weighted by Crippen LogP contribution is -2.36. The summed E-state index contributed by atoms with van der Waals surface area (Å²) in [4.78, 5) is 16.3. The molecule has 1 aliphatic heterocycles. The van der Waals surface area contributed by atoms with Crippen molar-refractivity contribution in [1.82, 2.24) is 19.6 Å². The fraction of sp³-hybridized carbons (Fsp3) is 0.412. The van der Waals surface area contributed by atoms with Gasteiger partial charge in [0, 0.05) is 25.3 Å². The predicted molar refractivity (Wildman–Crippen MR) is 90.4 cm³/mol. The molecule has 3 rings (SSSR count). The molecule has 1 aromatic carbocycles. The lowest BCUT2D eigenvalue weighted by Gasteiger charge is -2.20. The van der Waals surface area contributed by atoms with Gasteiger partial charge in [-0.05, 0) is 38.2 Å². The molecule has 6 nitrogen and oxygen atoms in total. The van der Waals surface area contributed by atoms with Gasteiger partial charge in [0.05, 0.1) is 18.4 Å². The number of carbonyl (C=O) groups is 1. The molecule has 0 saturated carbocycles. The first kappa shape index (κ1) is 16.4. The normalized spacial score (nSPS) is 17.5. The minimum atomic E-state index is -0.266. The van der Waals surface area contributed by atoms with Crippen LogP contribution < -0.4 is 5.32 Å². The van der Waals surface area contributed by atoms with E-state index in [9.17, 15) is 9.18 Å². The van der Waals surface area contributed by atoms with Crippen LogP contribution >= 0.6 is 0 Å². The summed E-state index contributed by atoms with van der Waals surface area (Å²) in [5.74, 6) is -0.266. The van der Waals surface area contributed by atoms with Gasteiger partial charge >= 0.3 is 6.03 Å². The van der Waals surface area contributed by atoms with E-state index in [2.05, 4.69) is 15.3 Å². The number of nitrogens with one attached hydrogen (secondary N) is 1. The quantitative estimate of drug-likeness (QED) is 0.935. The third kappa shape index (κ3) is 3.91. The smallest absolute Gasteiger partial charge is 0.321 e. The zero-order valence-electron chi connectivity index (χ0n) is 13.9. The number of carbonyl (C=O) groups excluding carboxylic acids is 1. The monoisotopic (exact) mass is 331 g/mol. The van der Waals surface area contributed by atoms with Crippen LogP contribution in [0.3, 0.4) is 0 Å². The number of nitrogens with zero attached hydrogens (tertiary/aromatic N) is 4. The minimum absolute atomic E-state index is 0.107. The van der Waals surface area contributed by atoms with Gasteiger partial charge in [0.15, 0.2) is 0 Å². The van der Waals surface area contributed by atoms with E-state index >= 15 is 0 Å². The standard InChI is InChI=1S/C17H22FN5O/c1-21(2)16-6-7-22(12-16)17(24)20-15-9-19-23(11-15)10-13-4-3-5-14(18)8-13/h3-5,8-9,11,16H,6-7,10,12H2,1-2H3,(H,20,24). The molecule has 0 bridgehead atoms. The van der Waals surface area contributed by atoms with Crippen molar-refractivity contribution in [3.05, 3.63) is 48.0 Å². The van der Waals surface area contributed by atoms with Crippen molar-refractivity contribution in [1.29, 1.82) is 0 Å². The second-order valence-electron chi connectivity index (χ2n) is 6.34. The maximum absolute atomic E-state index is 13.2. The lowest BCUT2D eigenvalue weighted by molar-refractivity contribution is 0.216. The van der Waals surface area contributed by atoms with Crippen molar-refractivity contribution in [2.75, 3.05) is 32.5 Å². The summed E-state index contributed by atoms with van der Waals surface area (Å²) in [6.45, 7) is 1.95. The molecule has 1 aliphatic rings. The molecule has 1 saturated heterocycles. The molecule has 7 heteroatoms. The van der Waals surface area contributed by atoms with Gasteiger partial charge in [0.1, 0.15) is 5.82 Å². The molecule has 1 unspecified atom stereocenters. The number of halogens is 1. The number of hydrogen-bond donors (Lipinski definition) is 1. The maximum atomic E-state index is 13.2. The molecule has 1 atom stereocenters. The predicted octanol–water partition coefficient (Wildman–Crippen LogP) is 2.24. The maximum Gasteiger partial charge on any atom is 0.321 e. The molecule has 2 heterocycles. The van der Waals surface area contributed by atoms with E-state index in [1.165, 1.54) is 12.1 Å². The van der Waals surface area contributed by atoms with Crippen LogP contribution in [0.4, 0.5) is 14.9 Å². The number of benzene rings is 1. The molecule has 0 spiro atoms. The van der Waals surface area contributed by atoms with Crippen molar-refractivity contribution in [3.63, 3.8) is 0 Å². The number of likely N-dealkylation sites (tertiary alicyclic amines) is 1. The van der Waals surface area contributed by atoms with E-state index < -0.39 is 0 Å². The van der Waals surface area contributed by atoms with Crippen molar-refractivity contribution >= 4 is 11.7 Å². The Morgan fingerprint density at radius 3 is 3.00 bits per heavy atom. The van der Waals surface area contributed by atoms with Gasteiger partial charge in [-0.2, -0.15) is 5.10 Å². The van der Waals surface area contributed by atoms with Crippen molar-refractivity contribution in [3.8, 4) is 0 Å². The number of rotatable bonds is 4. The molecule has 1 fully saturated rings. The third-order valence-electron chi connectivity index (χ3n) is 4.30. The molecule has 1 aromatic heterocycles. The molecule has 2 aromatic rings. The van der Waals surface area contributed by atoms with Crippen molar-refractivity contribution < 1.29 is 9.18 Å². The van der Waals surface area contributed by atoms with E-state index in [4.69, 9.17) is 0 Å². The van der Waals surface area contributed by atoms with Gasteiger partial charge in [-0.3, -0.25) is 4.68 Å². The summed E-state index contributed by atoms with van der Waals surface area (Å²) in [6.07, 6.45) is 4.35. The first-order chi connectivity index (χ1) is 11.5. The van der Waals surface area contributed by atoms with Crippen LogP contribution in [0.5, 0.6) is 0 Å². The number of hydrogen-bond acceptors (Lipinski definition) is 3. The van der Waals surface area contributed by atoms with Gasteiger partial charge in [-0.15, -0.1) is 0 Å². The van der Waals surface area contributed by atoms with Crippen LogP contribution in [-0.4, -0.2) is 58.8 Å². The Bertz CT molecular complexity index is 715. The van der Waals surface area contributed by atoms with Gasteiger partial charge in [0.2, 0.25) is 0 Å². The lowest BCUT2D eigenvalue weighted by atomic mass is 10.2. The summed E-state index contributed by atoms with van der Waals surface area (Å²) in [5.41, 5.74) is 1.47. The first-order valence-electron chi connectivity index (χ1n) is 8.00. The second-order valence-corrected chi connectivity index (χ2v) is 6.34. The summed E-state index contributed by atoms with van der Waals surface area (Å²) < 4.78 is 14.9. The Labute approximate surface area is 140 Å². The number of likely N-dealkylation sites (N-methyl/N-ethyl adjacent to an activating group) is 1. The summed E-state index contributed by atoms with van der Waals surface area (Å²) in [6, 6.07) is 6.71. The van der Waals surface area contributed by atoms with Crippen molar-refractivity contribution in [2.24, 2.45) is 0 Å². The fourth-order valence-electron chi connectivity index (χ4n) is 2.89. The Morgan fingerprint density at radius 2 is 2.29 bits per heavy atom. The molecule has 0 aliphatic carbocycles. The van der Waals surface area contributed by atoms with Gasteiger partial charge in [-0.1, -0.05) is 12.1 Å². The third-order valence-corrected chi connectivity index (χ3v) is 4.30. The van der Waals surface area contributed by atoms with Gasteiger partial charge in [0.25, 0.3) is 0 Å². The van der Waals surface area contributed by atoms with Crippen LogP contribution in [-0.2, 0) is 6.54 Å². The molecule has 2 amide bonds. The summed E-state index contributed by atoms with van der Waals surface area (Å²) >= 11 is 0. The molecule has 1 N–H and O–H groups in total. The van der Waals surface area contributed by atoms with Crippen LogP contribution in [0, 0.1) is 5.82 Å². The van der Waals surface area contributed by atoms with Crippen LogP contribution in [0.2, 0.25) is 0 Å². The Morgan fingerprint density at radius 1 is 1.46 bits per heavy atom. The molecule has 24 heavy (non-hydrogen) atoms. The highest BCUT2D eigenvalue weighted by Crippen LogP contribution is 2.15. The van der Waals surface area contributed by atoms with E-state index in [0.717, 1.165) is 25.1 Å². The zero-order valence-corrected chi connectivity index (χ0v) is 13.9.